The number of thiophene rings is 1. The number of sulfonamides is 1. The van der Waals surface area contributed by atoms with Gasteiger partial charge in [-0.1, -0.05) is 0 Å². The molecule has 1 N–H and O–H groups in total. The zero-order valence-electron chi connectivity index (χ0n) is 11.1. The van der Waals surface area contributed by atoms with E-state index < -0.39 is 10.0 Å². The lowest BCUT2D eigenvalue weighted by molar-refractivity contribution is 0.293. The van der Waals surface area contributed by atoms with Gasteiger partial charge in [0.25, 0.3) is 0 Å². The molecule has 18 heavy (non-hydrogen) atoms. The second-order valence-electron chi connectivity index (χ2n) is 4.77. The van der Waals surface area contributed by atoms with E-state index in [0.29, 0.717) is 18.0 Å². The van der Waals surface area contributed by atoms with Crippen molar-refractivity contribution in [1.29, 1.82) is 0 Å². The van der Waals surface area contributed by atoms with Crippen LogP contribution in [0.1, 0.15) is 22.6 Å². The fourth-order valence-electron chi connectivity index (χ4n) is 2.40. The van der Waals surface area contributed by atoms with Gasteiger partial charge in [-0.05, 0) is 39.8 Å². The number of nitrogens with one attached hydrogen (secondary N) is 1. The van der Waals surface area contributed by atoms with E-state index in [0.717, 1.165) is 22.6 Å². The molecule has 0 aliphatic carbocycles. The molecule has 102 valence electrons. The Labute approximate surface area is 113 Å². The minimum atomic E-state index is -3.31. The zero-order chi connectivity index (χ0) is 13.3. The molecule has 2 heterocycles. The Morgan fingerprint density at radius 3 is 2.72 bits per heavy atom. The van der Waals surface area contributed by atoms with E-state index in [1.54, 1.807) is 21.7 Å². The molecule has 0 bridgehead atoms. The molecule has 1 saturated heterocycles. The second kappa shape index (κ2) is 5.28. The second-order valence-corrected chi connectivity index (χ2v) is 8.14. The van der Waals surface area contributed by atoms with Crippen molar-refractivity contribution in [2.75, 3.05) is 20.1 Å². The summed E-state index contributed by atoms with van der Waals surface area (Å²) in [7, 11) is -1.42. The predicted octanol–water partition coefficient (Wildman–Crippen LogP) is 1.74. The number of hydrogen-bond acceptors (Lipinski definition) is 4. The van der Waals surface area contributed by atoms with Crippen LogP contribution in [-0.2, 0) is 10.0 Å². The van der Waals surface area contributed by atoms with Crippen LogP contribution in [0.3, 0.4) is 0 Å². The molecule has 0 spiro atoms. The number of rotatable bonds is 3. The Morgan fingerprint density at radius 1 is 1.44 bits per heavy atom. The van der Waals surface area contributed by atoms with Gasteiger partial charge in [0, 0.05) is 28.9 Å². The number of hydrogen-bond donors (Lipinski definition) is 1. The van der Waals surface area contributed by atoms with Crippen molar-refractivity contribution >= 4 is 21.4 Å². The summed E-state index contributed by atoms with van der Waals surface area (Å²) in [5, 5.41) is 3.17. The molecule has 1 aromatic heterocycles. The van der Waals surface area contributed by atoms with Crippen LogP contribution in [0, 0.1) is 13.8 Å². The van der Waals surface area contributed by atoms with Gasteiger partial charge in [0.1, 0.15) is 0 Å². The van der Waals surface area contributed by atoms with Crippen molar-refractivity contribution < 1.29 is 8.42 Å². The largest absolute Gasteiger partial charge is 0.316 e. The lowest BCUT2D eigenvalue weighted by Gasteiger charge is -2.31. The van der Waals surface area contributed by atoms with Crippen LogP contribution in [0.15, 0.2) is 11.0 Å². The summed E-state index contributed by atoms with van der Waals surface area (Å²) in [4.78, 5) is 2.43. The Morgan fingerprint density at radius 2 is 2.17 bits per heavy atom. The van der Waals surface area contributed by atoms with E-state index in [-0.39, 0.29) is 6.04 Å². The third kappa shape index (κ3) is 2.61. The Kier molecular flexibility index (Phi) is 4.11. The first-order valence-electron chi connectivity index (χ1n) is 6.19. The molecule has 0 aromatic carbocycles. The molecule has 1 atom stereocenters. The summed E-state index contributed by atoms with van der Waals surface area (Å²) >= 11 is 1.55. The first-order chi connectivity index (χ1) is 8.45. The minimum absolute atomic E-state index is 0.272. The van der Waals surface area contributed by atoms with Crippen LogP contribution in [0.2, 0.25) is 0 Å². The van der Waals surface area contributed by atoms with Gasteiger partial charge in [-0.2, -0.15) is 4.31 Å². The predicted molar refractivity (Wildman–Crippen MR) is 74.6 cm³/mol. The third-order valence-electron chi connectivity index (χ3n) is 3.41. The van der Waals surface area contributed by atoms with E-state index >= 15 is 0 Å². The minimum Gasteiger partial charge on any atom is -0.316 e. The maximum Gasteiger partial charge on any atom is 0.244 e. The van der Waals surface area contributed by atoms with Gasteiger partial charge in [0.15, 0.2) is 0 Å². The quantitative estimate of drug-likeness (QED) is 0.921. The Bertz CT molecular complexity index is 522. The van der Waals surface area contributed by atoms with Gasteiger partial charge >= 0.3 is 0 Å². The molecule has 1 fully saturated rings. The monoisotopic (exact) mass is 288 g/mol. The average molecular weight is 288 g/mol. The SMILES string of the molecule is CNC1CCCN(S(=O)(=O)c2cc(C)sc2C)C1. The van der Waals surface area contributed by atoms with Gasteiger partial charge in [-0.3, -0.25) is 0 Å². The van der Waals surface area contributed by atoms with Crippen LogP contribution in [0.5, 0.6) is 0 Å². The van der Waals surface area contributed by atoms with Gasteiger partial charge in [0.05, 0.1) is 4.90 Å². The molecule has 1 unspecified atom stereocenters. The van der Waals surface area contributed by atoms with Crippen molar-refractivity contribution in [3.05, 3.63) is 15.8 Å². The molecule has 0 radical (unpaired) electrons. The van der Waals surface area contributed by atoms with E-state index in [9.17, 15) is 8.42 Å². The number of nitrogens with zero attached hydrogens (tertiary/aromatic N) is 1. The number of piperidine rings is 1. The van der Waals surface area contributed by atoms with E-state index in [4.69, 9.17) is 0 Å². The van der Waals surface area contributed by atoms with Gasteiger partial charge in [-0.25, -0.2) is 8.42 Å². The highest BCUT2D eigenvalue weighted by Crippen LogP contribution is 2.29. The van der Waals surface area contributed by atoms with Gasteiger partial charge < -0.3 is 5.32 Å². The topological polar surface area (TPSA) is 49.4 Å². The number of aryl methyl sites for hydroxylation is 2. The highest BCUT2D eigenvalue weighted by molar-refractivity contribution is 7.89. The lowest BCUT2D eigenvalue weighted by Crippen LogP contribution is -2.46. The molecule has 0 saturated carbocycles. The van der Waals surface area contributed by atoms with Crippen LogP contribution < -0.4 is 5.32 Å². The summed E-state index contributed by atoms with van der Waals surface area (Å²) in [5.41, 5.74) is 0. The first kappa shape index (κ1) is 14.0. The fraction of sp³-hybridized carbons (Fsp3) is 0.667. The van der Waals surface area contributed by atoms with Crippen LogP contribution >= 0.6 is 11.3 Å². The lowest BCUT2D eigenvalue weighted by atomic mass is 10.1. The molecule has 6 heteroatoms. The van der Waals surface area contributed by atoms with Crippen LogP contribution in [-0.4, -0.2) is 38.9 Å². The molecule has 1 aliphatic heterocycles. The summed E-state index contributed by atoms with van der Waals surface area (Å²) in [5.74, 6) is 0. The summed E-state index contributed by atoms with van der Waals surface area (Å²) in [6, 6.07) is 2.06. The van der Waals surface area contributed by atoms with Crippen molar-refractivity contribution in [2.24, 2.45) is 0 Å². The van der Waals surface area contributed by atoms with Gasteiger partial charge in [-0.15, -0.1) is 11.3 Å². The van der Waals surface area contributed by atoms with E-state index in [1.807, 2.05) is 20.9 Å². The van der Waals surface area contributed by atoms with Gasteiger partial charge in [0.2, 0.25) is 10.0 Å². The number of likely N-dealkylation sites (N-methyl/N-ethyl adjacent to an activating group) is 1. The molecule has 0 amide bonds. The van der Waals surface area contributed by atoms with E-state index in [2.05, 4.69) is 5.32 Å². The Balaban J connectivity index is 2.28. The summed E-state index contributed by atoms with van der Waals surface area (Å²) in [6.45, 7) is 5.04. The maximum absolute atomic E-state index is 12.6. The summed E-state index contributed by atoms with van der Waals surface area (Å²) < 4.78 is 26.8. The maximum atomic E-state index is 12.6. The van der Waals surface area contributed by atoms with Crippen LogP contribution in [0.4, 0.5) is 0 Å². The molecule has 4 nitrogen and oxygen atoms in total. The molecule has 1 aliphatic rings. The zero-order valence-corrected chi connectivity index (χ0v) is 12.7. The molecular formula is C12H20N2O2S2. The van der Waals surface area contributed by atoms with Crippen molar-refractivity contribution in [3.63, 3.8) is 0 Å². The van der Waals surface area contributed by atoms with E-state index in [1.165, 1.54) is 0 Å². The summed E-state index contributed by atoms with van der Waals surface area (Å²) in [6.07, 6.45) is 1.97. The molecular weight excluding hydrogens is 268 g/mol. The average Bonchev–Trinajstić information content (AvgIpc) is 2.69. The van der Waals surface area contributed by atoms with Crippen molar-refractivity contribution in [1.82, 2.24) is 9.62 Å². The van der Waals surface area contributed by atoms with Crippen LogP contribution in [0.25, 0.3) is 0 Å². The normalized spacial score (nSPS) is 22.3. The third-order valence-corrected chi connectivity index (χ3v) is 6.49. The van der Waals surface area contributed by atoms with Crippen molar-refractivity contribution in [3.8, 4) is 0 Å². The highest BCUT2D eigenvalue weighted by atomic mass is 32.2. The first-order valence-corrected chi connectivity index (χ1v) is 8.45. The smallest absolute Gasteiger partial charge is 0.244 e. The standard InChI is InChI=1S/C12H20N2O2S2/c1-9-7-12(10(2)17-9)18(15,16)14-6-4-5-11(8-14)13-3/h7,11,13H,4-6,8H2,1-3H3. The Hall–Kier alpha value is -0.430. The van der Waals surface area contributed by atoms with Crippen molar-refractivity contribution in [2.45, 2.75) is 37.6 Å². The molecule has 2 rings (SSSR count). The highest BCUT2D eigenvalue weighted by Gasteiger charge is 2.31. The fourth-order valence-corrected chi connectivity index (χ4v) is 5.45. The molecule has 1 aromatic rings.